The van der Waals surface area contributed by atoms with E-state index in [1.54, 1.807) is 28.6 Å². The molecule has 0 aliphatic heterocycles. The molecule has 4 rings (SSSR count). The van der Waals surface area contributed by atoms with E-state index in [0.717, 1.165) is 40.9 Å². The van der Waals surface area contributed by atoms with E-state index in [9.17, 15) is 12.8 Å². The number of likely N-dealkylation sites (N-methyl/N-ethyl adjacent to an activating group) is 1. The van der Waals surface area contributed by atoms with Gasteiger partial charge in [0.15, 0.2) is 5.82 Å². The van der Waals surface area contributed by atoms with Gasteiger partial charge < -0.3 is 9.80 Å². The number of anilines is 1. The minimum atomic E-state index is -3.79. The summed E-state index contributed by atoms with van der Waals surface area (Å²) in [7, 11) is 0.0843. The monoisotopic (exact) mass is 537 g/mol. The van der Waals surface area contributed by atoms with Crippen LogP contribution >= 0.6 is 0 Å². The Morgan fingerprint density at radius 2 is 1.55 bits per heavy atom. The fourth-order valence-electron chi connectivity index (χ4n) is 4.47. The number of hydrogen-bond donors (Lipinski definition) is 0. The van der Waals surface area contributed by atoms with E-state index in [-0.39, 0.29) is 10.7 Å². The maximum absolute atomic E-state index is 14.0. The molecule has 0 saturated heterocycles. The summed E-state index contributed by atoms with van der Waals surface area (Å²) >= 11 is 0. The van der Waals surface area contributed by atoms with Crippen LogP contribution < -0.4 is 4.90 Å². The van der Waals surface area contributed by atoms with Gasteiger partial charge in [-0.3, -0.25) is 4.68 Å². The second kappa shape index (κ2) is 12.1. The number of fused-ring (bicyclic) bond motifs is 1. The molecular weight excluding hydrogens is 501 g/mol. The van der Waals surface area contributed by atoms with Crippen molar-refractivity contribution in [3.63, 3.8) is 0 Å². The fraction of sp³-hybridized carbons (Fsp3) is 0.345. The van der Waals surface area contributed by atoms with Crippen LogP contribution in [0, 0.1) is 5.82 Å². The van der Waals surface area contributed by atoms with Crippen molar-refractivity contribution in [3.05, 3.63) is 89.7 Å². The Kier molecular flexibility index (Phi) is 8.81. The van der Waals surface area contributed by atoms with Crippen LogP contribution in [-0.4, -0.2) is 67.7 Å². The van der Waals surface area contributed by atoms with Gasteiger partial charge in [-0.05, 0) is 69.4 Å². The largest absolute Gasteiger partial charge is 0.355 e. The number of benzene rings is 3. The molecule has 0 fully saturated rings. The van der Waals surface area contributed by atoms with Crippen LogP contribution in [0.15, 0.2) is 77.7 Å². The SMILES string of the molecule is CCN(CC)c1nn(Cc2ccc(F)cc2)c2ccc(S(=O)(=O)N(CCN(C)C)Cc3ccccc3)cc12. The third-order valence-electron chi connectivity index (χ3n) is 6.65. The Bertz CT molecular complexity index is 1450. The maximum Gasteiger partial charge on any atom is 0.243 e. The van der Waals surface area contributed by atoms with Crippen molar-refractivity contribution in [2.75, 3.05) is 45.2 Å². The van der Waals surface area contributed by atoms with E-state index in [4.69, 9.17) is 5.10 Å². The Labute approximate surface area is 225 Å². The molecule has 4 aromatic rings. The first-order valence-corrected chi connectivity index (χ1v) is 14.4. The van der Waals surface area contributed by atoms with Crippen LogP contribution in [0.25, 0.3) is 10.9 Å². The predicted molar refractivity (Wildman–Crippen MR) is 151 cm³/mol. The molecule has 0 aliphatic rings. The molecule has 1 heterocycles. The summed E-state index contributed by atoms with van der Waals surface area (Å²) in [5.41, 5.74) is 2.68. The topological polar surface area (TPSA) is 61.7 Å². The number of hydrogen-bond acceptors (Lipinski definition) is 5. The van der Waals surface area contributed by atoms with Gasteiger partial charge in [0.25, 0.3) is 0 Å². The van der Waals surface area contributed by atoms with Crippen molar-refractivity contribution in [2.45, 2.75) is 31.8 Å². The molecule has 0 unspecified atom stereocenters. The van der Waals surface area contributed by atoms with E-state index in [1.807, 2.05) is 60.1 Å². The first-order chi connectivity index (χ1) is 18.2. The van der Waals surface area contributed by atoms with Gasteiger partial charge in [-0.2, -0.15) is 9.40 Å². The summed E-state index contributed by atoms with van der Waals surface area (Å²) in [4.78, 5) is 4.34. The molecule has 0 spiro atoms. The summed E-state index contributed by atoms with van der Waals surface area (Å²) in [5, 5.41) is 5.66. The predicted octanol–water partition coefficient (Wildman–Crippen LogP) is 4.82. The molecule has 0 amide bonds. The molecule has 0 bridgehead atoms. The van der Waals surface area contributed by atoms with Crippen LogP contribution in [0.1, 0.15) is 25.0 Å². The third-order valence-corrected chi connectivity index (χ3v) is 8.49. The highest BCUT2D eigenvalue weighted by molar-refractivity contribution is 7.89. The first-order valence-electron chi connectivity index (χ1n) is 12.9. The second-order valence-electron chi connectivity index (χ2n) is 9.59. The number of halogens is 1. The molecule has 38 heavy (non-hydrogen) atoms. The van der Waals surface area contributed by atoms with Crippen molar-refractivity contribution < 1.29 is 12.8 Å². The third kappa shape index (κ3) is 6.23. The molecule has 0 aliphatic carbocycles. The van der Waals surface area contributed by atoms with Crippen LogP contribution in [0.4, 0.5) is 10.2 Å². The van der Waals surface area contributed by atoms with Crippen LogP contribution in [0.2, 0.25) is 0 Å². The Morgan fingerprint density at radius 3 is 2.18 bits per heavy atom. The summed E-state index contributed by atoms with van der Waals surface area (Å²) in [6.45, 7) is 7.30. The lowest BCUT2D eigenvalue weighted by Gasteiger charge is -2.24. The first kappa shape index (κ1) is 27.8. The van der Waals surface area contributed by atoms with Crippen molar-refractivity contribution >= 4 is 26.7 Å². The number of rotatable bonds is 12. The molecule has 202 valence electrons. The minimum Gasteiger partial charge on any atom is -0.355 e. The van der Waals surface area contributed by atoms with Crippen molar-refractivity contribution in [3.8, 4) is 0 Å². The van der Waals surface area contributed by atoms with Crippen molar-refractivity contribution in [1.29, 1.82) is 0 Å². The Balaban J connectivity index is 1.77. The van der Waals surface area contributed by atoms with Gasteiger partial charge in [0, 0.05) is 38.1 Å². The molecule has 0 radical (unpaired) electrons. The minimum absolute atomic E-state index is 0.245. The van der Waals surface area contributed by atoms with E-state index in [2.05, 4.69) is 18.7 Å². The highest BCUT2D eigenvalue weighted by Gasteiger charge is 2.27. The maximum atomic E-state index is 14.0. The van der Waals surface area contributed by atoms with Gasteiger partial charge in [0.05, 0.1) is 17.0 Å². The quantitative estimate of drug-likeness (QED) is 0.259. The summed E-state index contributed by atoms with van der Waals surface area (Å²) in [6, 6.07) is 21.3. The standard InChI is InChI=1S/C29H36FN5O2S/c1-5-33(6-2)29-27-20-26(16-17-28(27)35(31-29)22-24-12-14-25(30)15-13-24)38(36,37)34(19-18-32(3)4)21-23-10-8-7-9-11-23/h7-17,20H,5-6,18-19,21-22H2,1-4H3. The Hall–Kier alpha value is -3.27. The zero-order chi connectivity index (χ0) is 27.3. The fourth-order valence-corrected chi connectivity index (χ4v) is 5.92. The molecule has 0 atom stereocenters. The normalized spacial score (nSPS) is 12.1. The molecule has 7 nitrogen and oxygen atoms in total. The number of aromatic nitrogens is 2. The molecular formula is C29H36FN5O2S. The lowest BCUT2D eigenvalue weighted by atomic mass is 10.2. The average Bonchev–Trinajstić information content (AvgIpc) is 3.26. The average molecular weight is 538 g/mol. The van der Waals surface area contributed by atoms with Gasteiger partial charge in [0.1, 0.15) is 5.82 Å². The van der Waals surface area contributed by atoms with Gasteiger partial charge >= 0.3 is 0 Å². The van der Waals surface area contributed by atoms with Crippen LogP contribution in [0.3, 0.4) is 0 Å². The van der Waals surface area contributed by atoms with Gasteiger partial charge in [-0.15, -0.1) is 0 Å². The molecule has 0 saturated carbocycles. The van der Waals surface area contributed by atoms with E-state index in [1.165, 1.54) is 12.1 Å². The van der Waals surface area contributed by atoms with Gasteiger partial charge in [0.2, 0.25) is 10.0 Å². The molecule has 3 aromatic carbocycles. The lowest BCUT2D eigenvalue weighted by Crippen LogP contribution is -2.36. The zero-order valence-corrected chi connectivity index (χ0v) is 23.3. The smallest absolute Gasteiger partial charge is 0.243 e. The molecule has 0 N–H and O–H groups in total. The van der Waals surface area contributed by atoms with Crippen molar-refractivity contribution in [2.24, 2.45) is 0 Å². The van der Waals surface area contributed by atoms with E-state index < -0.39 is 10.0 Å². The summed E-state index contributed by atoms with van der Waals surface area (Å²) in [6.07, 6.45) is 0. The van der Waals surface area contributed by atoms with E-state index >= 15 is 0 Å². The second-order valence-corrected chi connectivity index (χ2v) is 11.5. The molecule has 1 aromatic heterocycles. The van der Waals surface area contributed by atoms with Crippen LogP contribution in [-0.2, 0) is 23.1 Å². The zero-order valence-electron chi connectivity index (χ0n) is 22.5. The summed E-state index contributed by atoms with van der Waals surface area (Å²) in [5.74, 6) is 0.458. The summed E-state index contributed by atoms with van der Waals surface area (Å²) < 4.78 is 44.8. The van der Waals surface area contributed by atoms with Gasteiger partial charge in [-0.1, -0.05) is 42.5 Å². The van der Waals surface area contributed by atoms with Gasteiger partial charge in [-0.25, -0.2) is 12.8 Å². The Morgan fingerprint density at radius 1 is 0.868 bits per heavy atom. The van der Waals surface area contributed by atoms with Crippen molar-refractivity contribution in [1.82, 2.24) is 19.0 Å². The van der Waals surface area contributed by atoms with Crippen LogP contribution in [0.5, 0.6) is 0 Å². The number of sulfonamides is 1. The lowest BCUT2D eigenvalue weighted by molar-refractivity contribution is 0.329. The molecule has 9 heteroatoms. The number of nitrogens with zero attached hydrogens (tertiary/aromatic N) is 5. The highest BCUT2D eigenvalue weighted by atomic mass is 32.2. The van der Waals surface area contributed by atoms with E-state index in [0.29, 0.717) is 26.2 Å². The highest BCUT2D eigenvalue weighted by Crippen LogP contribution is 2.31.